The minimum atomic E-state index is -0.777. The molecule has 0 heterocycles. The average Bonchev–Trinajstić information content (AvgIpc) is 2.92. The highest BCUT2D eigenvalue weighted by Gasteiger charge is 2.32. The van der Waals surface area contributed by atoms with Crippen molar-refractivity contribution in [2.45, 2.75) is 57.2 Å². The molecular weight excluding hydrogens is 571 g/mol. The first kappa shape index (κ1) is 28.1. The van der Waals surface area contributed by atoms with Gasteiger partial charge in [0.15, 0.2) is 6.61 Å². The van der Waals surface area contributed by atoms with Gasteiger partial charge in [-0.2, -0.15) is 0 Å². The number of benzene rings is 3. The summed E-state index contributed by atoms with van der Waals surface area (Å²) in [5, 5.41) is 3.57. The van der Waals surface area contributed by atoms with Crippen LogP contribution in [0, 0.1) is 5.82 Å². The SMILES string of the molecule is O=C(NC1CCCCC1)C(Cc1ccccc1)N(Cc1ccc(F)cc1)C(=O)COc1ccc(Br)cc1Cl. The Hall–Kier alpha value is -2.90. The molecule has 3 aromatic rings. The van der Waals surface area contributed by atoms with E-state index in [-0.39, 0.29) is 36.8 Å². The van der Waals surface area contributed by atoms with E-state index >= 15 is 0 Å². The predicted octanol–water partition coefficient (Wildman–Crippen LogP) is 6.71. The third kappa shape index (κ3) is 8.05. The van der Waals surface area contributed by atoms with Gasteiger partial charge in [0.1, 0.15) is 17.6 Å². The average molecular weight is 602 g/mol. The molecule has 0 aromatic heterocycles. The molecule has 4 rings (SSSR count). The second-order valence-electron chi connectivity index (χ2n) is 9.56. The Labute approximate surface area is 236 Å². The number of carbonyl (C=O) groups is 2. The third-order valence-electron chi connectivity index (χ3n) is 6.73. The summed E-state index contributed by atoms with van der Waals surface area (Å²) >= 11 is 9.65. The Bertz CT molecular complexity index is 1220. The first-order chi connectivity index (χ1) is 18.4. The van der Waals surface area contributed by atoms with Crippen LogP contribution in [0.1, 0.15) is 43.2 Å². The zero-order valence-corrected chi connectivity index (χ0v) is 23.4. The molecule has 38 heavy (non-hydrogen) atoms. The van der Waals surface area contributed by atoms with E-state index in [1.807, 2.05) is 30.3 Å². The van der Waals surface area contributed by atoms with Crippen LogP contribution >= 0.6 is 27.5 Å². The van der Waals surface area contributed by atoms with Crippen LogP contribution in [0.25, 0.3) is 0 Å². The van der Waals surface area contributed by atoms with E-state index in [2.05, 4.69) is 21.2 Å². The summed E-state index contributed by atoms with van der Waals surface area (Å²) in [6.07, 6.45) is 5.53. The quantitative estimate of drug-likeness (QED) is 0.281. The van der Waals surface area contributed by atoms with Crippen LogP contribution in [-0.4, -0.2) is 35.4 Å². The predicted molar refractivity (Wildman–Crippen MR) is 151 cm³/mol. The Morgan fingerprint density at radius 3 is 2.39 bits per heavy atom. The van der Waals surface area contributed by atoms with Gasteiger partial charge in [-0.1, -0.05) is 89.3 Å². The van der Waals surface area contributed by atoms with Crippen LogP contribution in [0.15, 0.2) is 77.3 Å². The molecule has 2 amide bonds. The standard InChI is InChI=1S/C30H31BrClFN2O3/c31-23-13-16-28(26(32)18-23)38-20-29(36)35(19-22-11-14-24(33)15-12-22)27(17-21-7-3-1-4-8-21)30(37)34-25-9-5-2-6-10-25/h1,3-4,7-8,11-16,18,25,27H,2,5-6,9-10,17,19-20H2,(H,34,37). The summed E-state index contributed by atoms with van der Waals surface area (Å²) in [5.41, 5.74) is 1.65. The third-order valence-corrected chi connectivity index (χ3v) is 7.52. The molecule has 0 radical (unpaired) electrons. The fraction of sp³-hybridized carbons (Fsp3) is 0.333. The number of hydrogen-bond acceptors (Lipinski definition) is 3. The molecule has 1 N–H and O–H groups in total. The Kier molecular flexibility index (Phi) is 10.2. The number of rotatable bonds is 10. The zero-order valence-electron chi connectivity index (χ0n) is 21.0. The van der Waals surface area contributed by atoms with E-state index < -0.39 is 6.04 Å². The van der Waals surface area contributed by atoms with Crippen LogP contribution < -0.4 is 10.1 Å². The van der Waals surface area contributed by atoms with Crippen LogP contribution in [0.5, 0.6) is 5.75 Å². The molecule has 3 aromatic carbocycles. The first-order valence-electron chi connectivity index (χ1n) is 12.8. The van der Waals surface area contributed by atoms with Gasteiger partial charge in [0, 0.05) is 23.5 Å². The number of amides is 2. The van der Waals surface area contributed by atoms with Gasteiger partial charge in [-0.3, -0.25) is 9.59 Å². The maximum absolute atomic E-state index is 13.7. The van der Waals surface area contributed by atoms with Crippen LogP contribution in [0.4, 0.5) is 4.39 Å². The molecular formula is C30H31BrClFN2O3. The number of halogens is 3. The number of ether oxygens (including phenoxy) is 1. The van der Waals surface area contributed by atoms with Gasteiger partial charge in [0.25, 0.3) is 5.91 Å². The monoisotopic (exact) mass is 600 g/mol. The smallest absolute Gasteiger partial charge is 0.261 e. The van der Waals surface area contributed by atoms with Crippen molar-refractivity contribution in [3.05, 3.63) is 99.2 Å². The molecule has 200 valence electrons. The molecule has 8 heteroatoms. The molecule has 0 bridgehead atoms. The molecule has 1 unspecified atom stereocenters. The number of hydrogen-bond donors (Lipinski definition) is 1. The molecule has 1 aliphatic rings. The molecule has 1 atom stereocenters. The van der Waals surface area contributed by atoms with E-state index in [1.54, 1.807) is 30.3 Å². The molecule has 0 spiro atoms. The van der Waals surface area contributed by atoms with Gasteiger partial charge in [0.05, 0.1) is 5.02 Å². The summed E-state index contributed by atoms with van der Waals surface area (Å²) < 4.78 is 20.2. The fourth-order valence-electron chi connectivity index (χ4n) is 4.70. The van der Waals surface area contributed by atoms with Crippen molar-refractivity contribution >= 4 is 39.3 Å². The molecule has 5 nitrogen and oxygen atoms in total. The first-order valence-corrected chi connectivity index (χ1v) is 14.0. The van der Waals surface area contributed by atoms with Gasteiger partial charge < -0.3 is 15.0 Å². The van der Waals surface area contributed by atoms with Crippen molar-refractivity contribution in [2.24, 2.45) is 0 Å². The van der Waals surface area contributed by atoms with Gasteiger partial charge in [-0.15, -0.1) is 0 Å². The van der Waals surface area contributed by atoms with E-state index in [1.165, 1.54) is 23.5 Å². The van der Waals surface area contributed by atoms with Gasteiger partial charge >= 0.3 is 0 Å². The summed E-state index contributed by atoms with van der Waals surface area (Å²) in [7, 11) is 0. The molecule has 0 aliphatic heterocycles. The lowest BCUT2D eigenvalue weighted by Gasteiger charge is -2.33. The Balaban J connectivity index is 1.61. The van der Waals surface area contributed by atoms with Crippen LogP contribution in [0.3, 0.4) is 0 Å². The normalized spacial score (nSPS) is 14.5. The lowest BCUT2D eigenvalue weighted by atomic mass is 9.94. The second kappa shape index (κ2) is 13.8. The molecule has 1 aliphatic carbocycles. The van der Waals surface area contributed by atoms with E-state index in [0.717, 1.165) is 35.7 Å². The van der Waals surface area contributed by atoms with Crippen molar-refractivity contribution in [1.82, 2.24) is 10.2 Å². The van der Waals surface area contributed by atoms with Crippen molar-refractivity contribution in [3.63, 3.8) is 0 Å². The van der Waals surface area contributed by atoms with Crippen molar-refractivity contribution in [2.75, 3.05) is 6.61 Å². The Morgan fingerprint density at radius 2 is 1.71 bits per heavy atom. The lowest BCUT2D eigenvalue weighted by Crippen LogP contribution is -2.53. The minimum absolute atomic E-state index is 0.0927. The fourth-order valence-corrected chi connectivity index (χ4v) is 5.43. The minimum Gasteiger partial charge on any atom is -0.482 e. The molecule has 1 saturated carbocycles. The highest BCUT2D eigenvalue weighted by atomic mass is 79.9. The molecule has 1 fully saturated rings. The van der Waals surface area contributed by atoms with Crippen molar-refractivity contribution in [3.8, 4) is 5.75 Å². The topological polar surface area (TPSA) is 58.6 Å². The summed E-state index contributed by atoms with van der Waals surface area (Å²) in [6, 6.07) is 20.0. The van der Waals surface area contributed by atoms with Gasteiger partial charge in [-0.25, -0.2) is 4.39 Å². The van der Waals surface area contributed by atoms with Gasteiger partial charge in [-0.05, 0) is 54.3 Å². The largest absolute Gasteiger partial charge is 0.482 e. The maximum atomic E-state index is 13.7. The number of nitrogens with zero attached hydrogens (tertiary/aromatic N) is 1. The second-order valence-corrected chi connectivity index (χ2v) is 10.9. The summed E-state index contributed by atoms with van der Waals surface area (Å²) in [6.45, 7) is -0.170. The highest BCUT2D eigenvalue weighted by molar-refractivity contribution is 9.10. The van der Waals surface area contributed by atoms with Crippen molar-refractivity contribution in [1.29, 1.82) is 0 Å². The molecule has 0 saturated heterocycles. The highest BCUT2D eigenvalue weighted by Crippen LogP contribution is 2.28. The number of carbonyl (C=O) groups excluding carboxylic acids is 2. The summed E-state index contributed by atoms with van der Waals surface area (Å²) in [4.78, 5) is 29.0. The zero-order chi connectivity index (χ0) is 26.9. The van der Waals surface area contributed by atoms with Crippen molar-refractivity contribution < 1.29 is 18.7 Å². The number of nitrogens with one attached hydrogen (secondary N) is 1. The van der Waals surface area contributed by atoms with Gasteiger partial charge in [0.2, 0.25) is 5.91 Å². The maximum Gasteiger partial charge on any atom is 0.261 e. The summed E-state index contributed by atoms with van der Waals surface area (Å²) in [5.74, 6) is -0.558. The van der Waals surface area contributed by atoms with E-state index in [0.29, 0.717) is 22.8 Å². The van der Waals surface area contributed by atoms with Crippen LogP contribution in [0.2, 0.25) is 5.02 Å². The van der Waals surface area contributed by atoms with Crippen LogP contribution in [-0.2, 0) is 22.6 Å². The van der Waals surface area contributed by atoms with E-state index in [9.17, 15) is 14.0 Å². The van der Waals surface area contributed by atoms with E-state index in [4.69, 9.17) is 16.3 Å². The lowest BCUT2D eigenvalue weighted by molar-refractivity contribution is -0.143. The Morgan fingerprint density at radius 1 is 1.00 bits per heavy atom.